The van der Waals surface area contributed by atoms with E-state index < -0.39 is 5.82 Å². The molecule has 0 spiro atoms. The summed E-state index contributed by atoms with van der Waals surface area (Å²) >= 11 is 0. The summed E-state index contributed by atoms with van der Waals surface area (Å²) in [6.45, 7) is 4.76. The lowest BCUT2D eigenvalue weighted by atomic mass is 10.1. The number of anilines is 1. The van der Waals surface area contributed by atoms with Crippen LogP contribution in [0.5, 0.6) is 0 Å². The predicted octanol–water partition coefficient (Wildman–Crippen LogP) is 4.05. The highest BCUT2D eigenvalue weighted by Crippen LogP contribution is 2.25. The highest BCUT2D eigenvalue weighted by molar-refractivity contribution is 6.00. The van der Waals surface area contributed by atoms with Crippen LogP contribution in [0.4, 0.5) is 10.1 Å². The molecule has 0 N–H and O–H groups in total. The van der Waals surface area contributed by atoms with Gasteiger partial charge >= 0.3 is 0 Å². The largest absolute Gasteiger partial charge is 0.367 e. The number of hydrogen-bond acceptors (Lipinski definition) is 2. The number of Topliss-reactive ketones (excluding diaryl/α,β-unsaturated/α-hetero) is 1. The maximum atomic E-state index is 13.9. The number of halogens is 1. The molecule has 104 valence electrons. The molecule has 2 aromatic carbocycles. The lowest BCUT2D eigenvalue weighted by molar-refractivity contribution is 0.101. The first-order valence-corrected chi connectivity index (χ1v) is 6.71. The van der Waals surface area contributed by atoms with E-state index in [1.807, 2.05) is 42.2 Å². The Labute approximate surface area is 118 Å². The molecule has 3 heteroatoms. The molecule has 20 heavy (non-hydrogen) atoms. The quantitative estimate of drug-likeness (QED) is 0.764. The summed E-state index contributed by atoms with van der Waals surface area (Å²) in [6.07, 6.45) is 0. The number of hydrogen-bond donors (Lipinski definition) is 0. The zero-order valence-electron chi connectivity index (χ0n) is 11.8. The van der Waals surface area contributed by atoms with Crippen LogP contribution >= 0.6 is 0 Å². The first-order chi connectivity index (χ1) is 9.63. The van der Waals surface area contributed by atoms with E-state index in [0.29, 0.717) is 18.8 Å². The summed E-state index contributed by atoms with van der Waals surface area (Å²) in [7, 11) is 0. The maximum absolute atomic E-state index is 13.9. The van der Waals surface area contributed by atoms with Gasteiger partial charge in [-0.1, -0.05) is 36.4 Å². The van der Waals surface area contributed by atoms with E-state index in [9.17, 15) is 9.18 Å². The second kappa shape index (κ2) is 6.33. The van der Waals surface area contributed by atoms with E-state index in [0.717, 1.165) is 5.56 Å². The number of carbonyl (C=O) groups excluding carboxylic acids is 1. The van der Waals surface area contributed by atoms with Gasteiger partial charge in [0.25, 0.3) is 0 Å². The molecule has 0 aliphatic carbocycles. The molecular weight excluding hydrogens is 253 g/mol. The van der Waals surface area contributed by atoms with Crippen LogP contribution in [-0.4, -0.2) is 12.3 Å². The van der Waals surface area contributed by atoms with E-state index >= 15 is 0 Å². The standard InChI is InChI=1S/C17H18FNO/c1-3-19(12-14-8-5-4-6-9-14)16-11-7-10-15(18)17(16)13(2)20/h4-11H,3,12H2,1-2H3. The molecule has 0 saturated heterocycles. The molecule has 2 rings (SSSR count). The van der Waals surface area contributed by atoms with Crippen molar-refractivity contribution in [2.75, 3.05) is 11.4 Å². The Kier molecular flexibility index (Phi) is 4.51. The van der Waals surface area contributed by atoms with Crippen molar-refractivity contribution in [3.63, 3.8) is 0 Å². The summed E-state index contributed by atoms with van der Waals surface area (Å²) in [5, 5.41) is 0. The molecule has 2 aromatic rings. The van der Waals surface area contributed by atoms with Crippen molar-refractivity contribution in [1.29, 1.82) is 0 Å². The van der Waals surface area contributed by atoms with Crippen molar-refractivity contribution in [2.24, 2.45) is 0 Å². The number of benzene rings is 2. The van der Waals surface area contributed by atoms with E-state index in [1.54, 1.807) is 12.1 Å². The molecule has 0 bridgehead atoms. The normalized spacial score (nSPS) is 10.3. The molecule has 2 nitrogen and oxygen atoms in total. The Hall–Kier alpha value is -2.16. The zero-order valence-corrected chi connectivity index (χ0v) is 11.8. The maximum Gasteiger partial charge on any atom is 0.164 e. The molecular formula is C17H18FNO. The molecule has 0 aromatic heterocycles. The van der Waals surface area contributed by atoms with Crippen LogP contribution in [0.2, 0.25) is 0 Å². The predicted molar refractivity (Wildman–Crippen MR) is 79.6 cm³/mol. The Morgan fingerprint density at radius 2 is 1.80 bits per heavy atom. The van der Waals surface area contributed by atoms with Crippen molar-refractivity contribution in [1.82, 2.24) is 0 Å². The van der Waals surface area contributed by atoms with E-state index in [-0.39, 0.29) is 11.3 Å². The Morgan fingerprint density at radius 1 is 1.10 bits per heavy atom. The van der Waals surface area contributed by atoms with Gasteiger partial charge < -0.3 is 4.90 Å². The van der Waals surface area contributed by atoms with E-state index in [4.69, 9.17) is 0 Å². The minimum absolute atomic E-state index is 0.172. The molecule has 0 unspecified atom stereocenters. The van der Waals surface area contributed by atoms with Gasteiger partial charge in [0, 0.05) is 13.1 Å². The summed E-state index contributed by atoms with van der Waals surface area (Å²) in [4.78, 5) is 13.7. The number of rotatable bonds is 5. The zero-order chi connectivity index (χ0) is 14.5. The van der Waals surface area contributed by atoms with Crippen LogP contribution in [0.3, 0.4) is 0 Å². The lowest BCUT2D eigenvalue weighted by Crippen LogP contribution is -2.24. The third-order valence-corrected chi connectivity index (χ3v) is 3.28. The van der Waals surface area contributed by atoms with Crippen molar-refractivity contribution in [3.8, 4) is 0 Å². The van der Waals surface area contributed by atoms with Gasteiger partial charge in [0.1, 0.15) is 5.82 Å². The average Bonchev–Trinajstić information content (AvgIpc) is 2.45. The van der Waals surface area contributed by atoms with Crippen LogP contribution in [0, 0.1) is 5.82 Å². The monoisotopic (exact) mass is 271 g/mol. The molecule has 0 aliphatic heterocycles. The van der Waals surface area contributed by atoms with Gasteiger partial charge in [0.2, 0.25) is 0 Å². The molecule has 0 radical (unpaired) electrons. The second-order valence-electron chi connectivity index (χ2n) is 4.69. The highest BCUT2D eigenvalue weighted by Gasteiger charge is 2.17. The number of carbonyl (C=O) groups is 1. The Morgan fingerprint density at radius 3 is 2.40 bits per heavy atom. The fourth-order valence-corrected chi connectivity index (χ4v) is 2.30. The van der Waals surface area contributed by atoms with Crippen molar-refractivity contribution in [3.05, 3.63) is 65.5 Å². The van der Waals surface area contributed by atoms with Crippen LogP contribution in [0.25, 0.3) is 0 Å². The minimum atomic E-state index is -0.457. The van der Waals surface area contributed by atoms with Crippen molar-refractivity contribution < 1.29 is 9.18 Å². The Balaban J connectivity index is 2.37. The molecule has 0 fully saturated rings. The summed E-state index contributed by atoms with van der Waals surface area (Å²) < 4.78 is 13.9. The van der Waals surface area contributed by atoms with Gasteiger partial charge in [-0.3, -0.25) is 4.79 Å². The SMILES string of the molecule is CCN(Cc1ccccc1)c1cccc(F)c1C(C)=O. The van der Waals surface area contributed by atoms with Gasteiger partial charge in [-0.15, -0.1) is 0 Å². The van der Waals surface area contributed by atoms with Gasteiger partial charge in [-0.2, -0.15) is 0 Å². The first-order valence-electron chi connectivity index (χ1n) is 6.71. The van der Waals surface area contributed by atoms with Crippen LogP contribution in [-0.2, 0) is 6.54 Å². The molecule has 0 heterocycles. The van der Waals surface area contributed by atoms with Crippen LogP contribution < -0.4 is 4.90 Å². The highest BCUT2D eigenvalue weighted by atomic mass is 19.1. The fraction of sp³-hybridized carbons (Fsp3) is 0.235. The molecule has 0 aliphatic rings. The number of ketones is 1. The average molecular weight is 271 g/mol. The summed E-state index contributed by atoms with van der Waals surface area (Å²) in [6, 6.07) is 14.7. The molecule has 0 saturated carbocycles. The first kappa shape index (κ1) is 14.3. The summed E-state index contributed by atoms with van der Waals surface area (Å²) in [5.41, 5.74) is 1.96. The van der Waals surface area contributed by atoms with Gasteiger partial charge in [-0.25, -0.2) is 4.39 Å². The van der Waals surface area contributed by atoms with Crippen molar-refractivity contribution >= 4 is 11.5 Å². The summed E-state index contributed by atoms with van der Waals surface area (Å²) in [5.74, 6) is -0.703. The minimum Gasteiger partial charge on any atom is -0.367 e. The van der Waals surface area contributed by atoms with E-state index in [2.05, 4.69) is 0 Å². The van der Waals surface area contributed by atoms with Gasteiger partial charge in [0.15, 0.2) is 5.78 Å². The van der Waals surface area contributed by atoms with Gasteiger partial charge in [0.05, 0.1) is 11.3 Å². The second-order valence-corrected chi connectivity index (χ2v) is 4.69. The smallest absolute Gasteiger partial charge is 0.164 e. The van der Waals surface area contributed by atoms with Crippen LogP contribution in [0.1, 0.15) is 29.8 Å². The third-order valence-electron chi connectivity index (χ3n) is 3.28. The number of nitrogens with zero attached hydrogens (tertiary/aromatic N) is 1. The molecule has 0 atom stereocenters. The van der Waals surface area contributed by atoms with Crippen LogP contribution in [0.15, 0.2) is 48.5 Å². The van der Waals surface area contributed by atoms with Gasteiger partial charge in [-0.05, 0) is 31.5 Å². The third kappa shape index (κ3) is 3.05. The topological polar surface area (TPSA) is 20.3 Å². The fourth-order valence-electron chi connectivity index (χ4n) is 2.30. The van der Waals surface area contributed by atoms with E-state index in [1.165, 1.54) is 13.0 Å². The van der Waals surface area contributed by atoms with Crippen molar-refractivity contribution in [2.45, 2.75) is 20.4 Å². The lowest BCUT2D eigenvalue weighted by Gasteiger charge is -2.25. The molecule has 0 amide bonds. The Bertz CT molecular complexity index is 595.